The number of amides is 1. The molecule has 0 rings (SSSR count). The highest BCUT2D eigenvalue weighted by Gasteiger charge is 2.18. The molecule has 6 nitrogen and oxygen atoms in total. The van der Waals surface area contributed by atoms with E-state index in [2.05, 4.69) is 43.5 Å². The largest absolute Gasteiger partial charge is 0.466 e. The van der Waals surface area contributed by atoms with E-state index >= 15 is 0 Å². The van der Waals surface area contributed by atoms with E-state index in [0.29, 0.717) is 19.4 Å². The SMILES string of the molecule is CCCCCCCCC/C=C\CCCCCCCCCC(=O)OCCCCCCCCCCCCCCCC/C=C\CCCCCCCCCCCCCCCCCCCC(=O)NC(CO)C(O)/C=C/CCCCCCCCCCC. The molecule has 0 aromatic carbocycles. The molecule has 0 spiro atoms. The molecule has 0 saturated heterocycles. The van der Waals surface area contributed by atoms with Crippen LogP contribution in [0.2, 0.25) is 0 Å². The second-order valence-corrected chi connectivity index (χ2v) is 25.3. The second-order valence-electron chi connectivity index (χ2n) is 25.3. The van der Waals surface area contributed by atoms with E-state index < -0.39 is 12.1 Å². The van der Waals surface area contributed by atoms with E-state index in [0.717, 1.165) is 44.9 Å². The van der Waals surface area contributed by atoms with Gasteiger partial charge in [0.15, 0.2) is 0 Å². The van der Waals surface area contributed by atoms with Crippen molar-refractivity contribution in [3.8, 4) is 0 Å². The number of hydrogen-bond acceptors (Lipinski definition) is 5. The number of rotatable bonds is 69. The molecule has 6 heteroatoms. The molecule has 0 aliphatic carbocycles. The van der Waals surface area contributed by atoms with Crippen molar-refractivity contribution in [2.24, 2.45) is 0 Å². The van der Waals surface area contributed by atoms with Crippen molar-refractivity contribution in [1.82, 2.24) is 5.32 Å². The van der Waals surface area contributed by atoms with E-state index in [1.54, 1.807) is 6.08 Å². The molecule has 81 heavy (non-hydrogen) atoms. The minimum Gasteiger partial charge on any atom is -0.466 e. The number of esters is 1. The van der Waals surface area contributed by atoms with Crippen molar-refractivity contribution >= 4 is 11.9 Å². The molecule has 0 fully saturated rings. The fourth-order valence-electron chi connectivity index (χ4n) is 11.5. The summed E-state index contributed by atoms with van der Waals surface area (Å²) in [5.74, 6) is -0.0467. The molecule has 0 aromatic rings. The van der Waals surface area contributed by atoms with Gasteiger partial charge in [0.05, 0.1) is 25.4 Å². The van der Waals surface area contributed by atoms with Gasteiger partial charge in [0.2, 0.25) is 5.91 Å². The highest BCUT2D eigenvalue weighted by molar-refractivity contribution is 5.76. The summed E-state index contributed by atoms with van der Waals surface area (Å²) in [7, 11) is 0. The Morgan fingerprint density at radius 2 is 0.580 bits per heavy atom. The number of aliphatic hydroxyl groups excluding tert-OH is 2. The molecule has 2 atom stereocenters. The summed E-state index contributed by atoms with van der Waals surface area (Å²) >= 11 is 0. The Labute approximate surface area is 506 Å². The van der Waals surface area contributed by atoms with Crippen LogP contribution >= 0.6 is 0 Å². The lowest BCUT2D eigenvalue weighted by molar-refractivity contribution is -0.143. The van der Waals surface area contributed by atoms with Gasteiger partial charge in [-0.25, -0.2) is 0 Å². The monoisotopic (exact) mass is 1140 g/mol. The molecule has 0 heterocycles. The van der Waals surface area contributed by atoms with Crippen molar-refractivity contribution in [1.29, 1.82) is 0 Å². The molecule has 0 bridgehead atoms. The molecule has 3 N–H and O–H groups in total. The van der Waals surface area contributed by atoms with Gasteiger partial charge in [-0.05, 0) is 83.5 Å². The van der Waals surface area contributed by atoms with Crippen LogP contribution in [0.1, 0.15) is 406 Å². The van der Waals surface area contributed by atoms with Crippen LogP contribution in [-0.4, -0.2) is 47.4 Å². The third-order valence-corrected chi connectivity index (χ3v) is 17.1. The van der Waals surface area contributed by atoms with Crippen molar-refractivity contribution in [3.63, 3.8) is 0 Å². The Hall–Kier alpha value is -1.92. The highest BCUT2D eigenvalue weighted by Crippen LogP contribution is 2.19. The summed E-state index contributed by atoms with van der Waals surface area (Å²) in [5, 5.41) is 23.1. The van der Waals surface area contributed by atoms with Gasteiger partial charge in [-0.2, -0.15) is 0 Å². The standard InChI is InChI=1S/C75H143NO5/c1-3-5-7-9-11-13-15-16-17-18-39-42-45-49-53-57-61-65-69-75(80)81-70-66-62-58-54-50-46-43-40-37-35-33-31-29-27-25-23-21-19-20-22-24-26-28-30-32-34-36-38-41-44-48-52-56-60-64-68-74(79)76-72(71-77)73(78)67-63-59-55-51-47-14-12-10-8-6-4-2/h17-18,21,23,63,67,72-73,77-78H,3-16,19-20,22,24-62,64-66,68-71H2,1-2H3,(H,76,79)/b18-17-,23-21-,67-63+. The van der Waals surface area contributed by atoms with Crippen LogP contribution in [0.4, 0.5) is 0 Å². The van der Waals surface area contributed by atoms with Gasteiger partial charge in [-0.15, -0.1) is 0 Å². The quantitative estimate of drug-likeness (QED) is 0.0320. The van der Waals surface area contributed by atoms with Gasteiger partial charge in [0, 0.05) is 12.8 Å². The van der Waals surface area contributed by atoms with E-state index in [9.17, 15) is 19.8 Å². The van der Waals surface area contributed by atoms with E-state index in [1.165, 1.54) is 334 Å². The zero-order valence-corrected chi connectivity index (χ0v) is 54.8. The van der Waals surface area contributed by atoms with Crippen LogP contribution in [0.15, 0.2) is 36.5 Å². The average molecular weight is 1140 g/mol. The first-order chi connectivity index (χ1) is 40.0. The Morgan fingerprint density at radius 1 is 0.333 bits per heavy atom. The molecule has 0 aromatic heterocycles. The van der Waals surface area contributed by atoms with Crippen LogP contribution in [-0.2, 0) is 14.3 Å². The van der Waals surface area contributed by atoms with Gasteiger partial charge < -0.3 is 20.3 Å². The minimum atomic E-state index is -0.840. The first-order valence-corrected chi connectivity index (χ1v) is 36.8. The first-order valence-electron chi connectivity index (χ1n) is 36.8. The Kier molecular flexibility index (Phi) is 68.9. The summed E-state index contributed by atoms with van der Waals surface area (Å²) in [6.45, 7) is 4.92. The summed E-state index contributed by atoms with van der Waals surface area (Å²) in [5.41, 5.74) is 0. The lowest BCUT2D eigenvalue weighted by Gasteiger charge is -2.20. The summed E-state index contributed by atoms with van der Waals surface area (Å²) in [6, 6.07) is -0.624. The van der Waals surface area contributed by atoms with E-state index in [-0.39, 0.29) is 18.5 Å². The van der Waals surface area contributed by atoms with Crippen molar-refractivity contribution in [2.45, 2.75) is 418 Å². The smallest absolute Gasteiger partial charge is 0.305 e. The average Bonchev–Trinajstić information content (AvgIpc) is 3.47. The molecule has 0 aliphatic heterocycles. The Balaban J connectivity index is 3.32. The number of carbonyl (C=O) groups is 2. The summed E-state index contributed by atoms with van der Waals surface area (Å²) in [6.07, 6.45) is 91.1. The maximum atomic E-state index is 12.4. The maximum Gasteiger partial charge on any atom is 0.305 e. The van der Waals surface area contributed by atoms with Crippen LogP contribution in [0.5, 0.6) is 0 Å². The van der Waals surface area contributed by atoms with Crippen LogP contribution in [0.3, 0.4) is 0 Å². The van der Waals surface area contributed by atoms with Gasteiger partial charge in [0.1, 0.15) is 0 Å². The number of ether oxygens (including phenoxy) is 1. The van der Waals surface area contributed by atoms with Gasteiger partial charge in [0.25, 0.3) is 0 Å². The Bertz CT molecular complexity index is 1310. The predicted octanol–water partition coefficient (Wildman–Crippen LogP) is 23.9. The van der Waals surface area contributed by atoms with Crippen molar-refractivity contribution < 1.29 is 24.5 Å². The van der Waals surface area contributed by atoms with E-state index in [4.69, 9.17) is 4.74 Å². The molecule has 2 unspecified atom stereocenters. The molecule has 0 saturated carbocycles. The van der Waals surface area contributed by atoms with E-state index in [1.807, 2.05) is 6.08 Å². The van der Waals surface area contributed by atoms with Crippen molar-refractivity contribution in [3.05, 3.63) is 36.5 Å². The Morgan fingerprint density at radius 3 is 0.877 bits per heavy atom. The first kappa shape index (κ1) is 79.1. The molecular formula is C75H143NO5. The van der Waals surface area contributed by atoms with Crippen LogP contribution < -0.4 is 5.32 Å². The van der Waals surface area contributed by atoms with Gasteiger partial charge >= 0.3 is 5.97 Å². The number of carbonyl (C=O) groups excluding carboxylic acids is 2. The number of hydrogen-bond donors (Lipinski definition) is 3. The number of aliphatic hydroxyl groups is 2. The fourth-order valence-corrected chi connectivity index (χ4v) is 11.5. The summed E-state index contributed by atoms with van der Waals surface area (Å²) in [4.78, 5) is 24.6. The minimum absolute atomic E-state index is 0.0175. The van der Waals surface area contributed by atoms with Crippen LogP contribution in [0.25, 0.3) is 0 Å². The van der Waals surface area contributed by atoms with Gasteiger partial charge in [-0.3, -0.25) is 9.59 Å². The summed E-state index contributed by atoms with van der Waals surface area (Å²) < 4.78 is 5.51. The number of unbranched alkanes of at least 4 members (excludes halogenated alkanes) is 54. The molecule has 478 valence electrons. The fraction of sp³-hybridized carbons (Fsp3) is 0.893. The number of allylic oxidation sites excluding steroid dienone is 5. The predicted molar refractivity (Wildman–Crippen MR) is 356 cm³/mol. The third-order valence-electron chi connectivity index (χ3n) is 17.1. The zero-order valence-electron chi connectivity index (χ0n) is 54.8. The molecule has 0 aliphatic rings. The molecule has 0 radical (unpaired) electrons. The lowest BCUT2D eigenvalue weighted by atomic mass is 10.0. The number of nitrogens with one attached hydrogen (secondary N) is 1. The topological polar surface area (TPSA) is 95.9 Å². The normalized spacial score (nSPS) is 12.7. The van der Waals surface area contributed by atoms with Crippen LogP contribution in [0, 0.1) is 0 Å². The highest BCUT2D eigenvalue weighted by atomic mass is 16.5. The second kappa shape index (κ2) is 70.6. The maximum absolute atomic E-state index is 12.4. The molecular weight excluding hydrogens is 995 g/mol. The molecule has 1 amide bonds. The third kappa shape index (κ3) is 67.1. The zero-order chi connectivity index (χ0) is 58.5. The van der Waals surface area contributed by atoms with Gasteiger partial charge in [-0.1, -0.05) is 346 Å². The van der Waals surface area contributed by atoms with Crippen molar-refractivity contribution in [2.75, 3.05) is 13.2 Å². The lowest BCUT2D eigenvalue weighted by Crippen LogP contribution is -2.45.